The van der Waals surface area contributed by atoms with Crippen molar-refractivity contribution in [2.24, 2.45) is 0 Å². The number of aldehydes is 1. The van der Waals surface area contributed by atoms with Gasteiger partial charge in [-0.25, -0.2) is 0 Å². The summed E-state index contributed by atoms with van der Waals surface area (Å²) >= 11 is 0. The van der Waals surface area contributed by atoms with Gasteiger partial charge in [0.05, 0.1) is 0 Å². The van der Waals surface area contributed by atoms with Gasteiger partial charge in [0.15, 0.2) is 0 Å². The van der Waals surface area contributed by atoms with E-state index in [-0.39, 0.29) is 0 Å². The van der Waals surface area contributed by atoms with Gasteiger partial charge in [0, 0.05) is 5.56 Å². The van der Waals surface area contributed by atoms with Gasteiger partial charge < -0.3 is 0 Å². The third-order valence-electron chi connectivity index (χ3n) is 3.62. The zero-order chi connectivity index (χ0) is 8.89. The first-order chi connectivity index (χ1) is 6.36. The van der Waals surface area contributed by atoms with Crippen molar-refractivity contribution in [2.45, 2.75) is 31.1 Å². The van der Waals surface area contributed by atoms with E-state index in [0.29, 0.717) is 5.41 Å². The Hall–Kier alpha value is -1.11. The van der Waals surface area contributed by atoms with Crippen LogP contribution in [0.2, 0.25) is 0 Å². The fourth-order valence-corrected chi connectivity index (χ4v) is 2.66. The number of benzene rings is 1. The molecule has 0 aromatic heterocycles. The van der Waals surface area contributed by atoms with Crippen LogP contribution in [0.5, 0.6) is 0 Å². The molecule has 0 aliphatic heterocycles. The molecule has 0 bridgehead atoms. The largest absolute Gasteiger partial charge is 0.298 e. The highest BCUT2D eigenvalue weighted by atomic mass is 16.1. The summed E-state index contributed by atoms with van der Waals surface area (Å²) in [4.78, 5) is 10.8. The molecule has 2 aliphatic carbocycles. The van der Waals surface area contributed by atoms with E-state index in [1.165, 1.54) is 30.4 Å². The van der Waals surface area contributed by atoms with Crippen LogP contribution < -0.4 is 0 Å². The van der Waals surface area contributed by atoms with E-state index in [0.717, 1.165) is 18.3 Å². The summed E-state index contributed by atoms with van der Waals surface area (Å²) in [5, 5.41) is 0. The summed E-state index contributed by atoms with van der Waals surface area (Å²) in [6.07, 6.45) is 6.06. The second-order valence-corrected chi connectivity index (χ2v) is 4.27. The molecular formula is C12H12O. The van der Waals surface area contributed by atoms with E-state index in [4.69, 9.17) is 0 Å². The van der Waals surface area contributed by atoms with Gasteiger partial charge in [-0.1, -0.05) is 18.2 Å². The summed E-state index contributed by atoms with van der Waals surface area (Å²) in [5.41, 5.74) is 4.22. The summed E-state index contributed by atoms with van der Waals surface area (Å²) in [5.74, 6) is 0. The molecule has 1 fully saturated rings. The third-order valence-corrected chi connectivity index (χ3v) is 3.62. The summed E-state index contributed by atoms with van der Waals surface area (Å²) in [6, 6.07) is 6.17. The Bertz CT molecular complexity index is 375. The van der Waals surface area contributed by atoms with E-state index >= 15 is 0 Å². The molecule has 0 unspecified atom stereocenters. The summed E-state index contributed by atoms with van der Waals surface area (Å²) in [6.45, 7) is 0. The van der Waals surface area contributed by atoms with Crippen molar-refractivity contribution < 1.29 is 4.79 Å². The molecule has 2 aliphatic rings. The predicted octanol–water partition coefficient (Wildman–Crippen LogP) is 2.48. The van der Waals surface area contributed by atoms with E-state index in [1.54, 1.807) is 0 Å². The zero-order valence-electron chi connectivity index (χ0n) is 7.55. The van der Waals surface area contributed by atoms with Crippen molar-refractivity contribution in [2.75, 3.05) is 0 Å². The Labute approximate surface area is 77.8 Å². The minimum atomic E-state index is 0.508. The van der Waals surface area contributed by atoms with E-state index in [1.807, 2.05) is 12.1 Å². The van der Waals surface area contributed by atoms with E-state index in [9.17, 15) is 4.79 Å². The number of carbonyl (C=O) groups is 1. The number of rotatable bonds is 1. The lowest BCUT2D eigenvalue weighted by atomic mass is 9.97. The smallest absolute Gasteiger partial charge is 0.150 e. The molecule has 0 amide bonds. The maximum atomic E-state index is 10.8. The third kappa shape index (κ3) is 0.846. The fourth-order valence-electron chi connectivity index (χ4n) is 2.66. The standard InChI is InChI=1S/C12H12O/c13-8-9-2-1-3-11-10(9)4-5-12(11)6-7-12/h1-3,8H,4-7H2. The SMILES string of the molecule is O=Cc1cccc2c1CCC21CC1. The highest BCUT2D eigenvalue weighted by molar-refractivity contribution is 5.79. The molecule has 0 saturated heterocycles. The van der Waals surface area contributed by atoms with Gasteiger partial charge in [0.25, 0.3) is 0 Å². The molecule has 1 spiro atoms. The first-order valence-electron chi connectivity index (χ1n) is 4.93. The summed E-state index contributed by atoms with van der Waals surface area (Å²) in [7, 11) is 0. The summed E-state index contributed by atoms with van der Waals surface area (Å²) < 4.78 is 0. The van der Waals surface area contributed by atoms with Crippen LogP contribution >= 0.6 is 0 Å². The normalized spacial score (nSPS) is 21.5. The molecule has 0 heterocycles. The first kappa shape index (κ1) is 7.31. The lowest BCUT2D eigenvalue weighted by Gasteiger charge is -2.07. The van der Waals surface area contributed by atoms with Gasteiger partial charge in [-0.2, -0.15) is 0 Å². The molecule has 1 heteroatoms. The average Bonchev–Trinajstić information content (AvgIpc) is 2.85. The Morgan fingerprint density at radius 3 is 2.77 bits per heavy atom. The minimum absolute atomic E-state index is 0.508. The average molecular weight is 172 g/mol. The van der Waals surface area contributed by atoms with Crippen molar-refractivity contribution in [1.82, 2.24) is 0 Å². The Morgan fingerprint density at radius 1 is 1.23 bits per heavy atom. The van der Waals surface area contributed by atoms with Crippen LogP contribution in [-0.2, 0) is 11.8 Å². The molecule has 0 radical (unpaired) electrons. The molecule has 0 N–H and O–H groups in total. The Kier molecular flexibility index (Phi) is 1.25. The van der Waals surface area contributed by atoms with Gasteiger partial charge in [-0.3, -0.25) is 4.79 Å². The first-order valence-corrected chi connectivity index (χ1v) is 4.93. The molecule has 66 valence electrons. The van der Waals surface area contributed by atoms with Gasteiger partial charge in [-0.05, 0) is 42.2 Å². The highest BCUT2D eigenvalue weighted by Gasteiger charge is 2.48. The van der Waals surface area contributed by atoms with Gasteiger partial charge in [0.2, 0.25) is 0 Å². The van der Waals surface area contributed by atoms with E-state index in [2.05, 4.69) is 6.07 Å². The van der Waals surface area contributed by atoms with Crippen molar-refractivity contribution in [3.63, 3.8) is 0 Å². The van der Waals surface area contributed by atoms with Gasteiger partial charge in [-0.15, -0.1) is 0 Å². The maximum absolute atomic E-state index is 10.8. The van der Waals surface area contributed by atoms with E-state index < -0.39 is 0 Å². The molecular weight excluding hydrogens is 160 g/mol. The van der Waals surface area contributed by atoms with Crippen molar-refractivity contribution in [1.29, 1.82) is 0 Å². The Balaban J connectivity index is 2.22. The molecule has 13 heavy (non-hydrogen) atoms. The quantitative estimate of drug-likeness (QED) is 0.595. The van der Waals surface area contributed by atoms with Crippen LogP contribution in [-0.4, -0.2) is 6.29 Å². The lowest BCUT2D eigenvalue weighted by Crippen LogP contribution is -1.99. The van der Waals surface area contributed by atoms with Crippen LogP contribution in [0.15, 0.2) is 18.2 Å². The number of hydrogen-bond donors (Lipinski definition) is 0. The van der Waals surface area contributed by atoms with Crippen LogP contribution in [0.4, 0.5) is 0 Å². The minimum Gasteiger partial charge on any atom is -0.298 e. The Morgan fingerprint density at radius 2 is 2.08 bits per heavy atom. The van der Waals surface area contributed by atoms with Crippen molar-refractivity contribution in [3.05, 3.63) is 34.9 Å². The van der Waals surface area contributed by atoms with Crippen molar-refractivity contribution in [3.8, 4) is 0 Å². The highest BCUT2D eigenvalue weighted by Crippen LogP contribution is 2.56. The van der Waals surface area contributed by atoms with Gasteiger partial charge in [0.1, 0.15) is 6.29 Å². The molecule has 3 rings (SSSR count). The van der Waals surface area contributed by atoms with Gasteiger partial charge >= 0.3 is 0 Å². The second-order valence-electron chi connectivity index (χ2n) is 4.27. The fraction of sp³-hybridized carbons (Fsp3) is 0.417. The maximum Gasteiger partial charge on any atom is 0.150 e. The molecule has 1 saturated carbocycles. The van der Waals surface area contributed by atoms with Crippen LogP contribution in [0.1, 0.15) is 40.7 Å². The second kappa shape index (κ2) is 2.22. The van der Waals surface area contributed by atoms with Crippen LogP contribution in [0, 0.1) is 0 Å². The van der Waals surface area contributed by atoms with Crippen molar-refractivity contribution >= 4 is 6.29 Å². The monoisotopic (exact) mass is 172 g/mol. The molecule has 1 nitrogen and oxygen atoms in total. The molecule has 1 aromatic rings. The zero-order valence-corrected chi connectivity index (χ0v) is 7.55. The topological polar surface area (TPSA) is 17.1 Å². The number of hydrogen-bond acceptors (Lipinski definition) is 1. The predicted molar refractivity (Wildman–Crippen MR) is 51.1 cm³/mol. The molecule has 1 aromatic carbocycles. The number of carbonyl (C=O) groups excluding carboxylic acids is 1. The molecule has 0 atom stereocenters. The van der Waals surface area contributed by atoms with Crippen LogP contribution in [0.25, 0.3) is 0 Å². The number of fused-ring (bicyclic) bond motifs is 2. The lowest BCUT2D eigenvalue weighted by molar-refractivity contribution is 0.112. The van der Waals surface area contributed by atoms with Crippen LogP contribution in [0.3, 0.4) is 0 Å².